The van der Waals surface area contributed by atoms with Gasteiger partial charge in [-0.1, -0.05) is 23.7 Å². The first-order valence-electron chi connectivity index (χ1n) is 12.1. The first-order chi connectivity index (χ1) is 17.7. The zero-order valence-electron chi connectivity index (χ0n) is 19.6. The van der Waals surface area contributed by atoms with E-state index in [2.05, 4.69) is 20.3 Å². The van der Waals surface area contributed by atoms with Crippen molar-refractivity contribution in [2.45, 2.75) is 31.6 Å². The van der Waals surface area contributed by atoms with Gasteiger partial charge in [0.1, 0.15) is 0 Å². The summed E-state index contributed by atoms with van der Waals surface area (Å²) in [7, 11) is 0. The summed E-state index contributed by atoms with van der Waals surface area (Å²) in [5, 5.41) is 9.23. The first-order valence-corrected chi connectivity index (χ1v) is 13.2. The minimum atomic E-state index is -4.52. The number of hydrogen-bond acceptors (Lipinski definition) is 5. The minimum absolute atomic E-state index is 0.0319. The van der Waals surface area contributed by atoms with Crippen molar-refractivity contribution in [3.8, 4) is 0 Å². The Morgan fingerprint density at radius 3 is 2.70 bits per heavy atom. The van der Waals surface area contributed by atoms with Crippen LogP contribution in [0.5, 0.6) is 0 Å². The SMILES string of the molecule is O=C1N=C(N[C@@H]2CN3CCC2CC3)S/C1=C\c1ccc2c(cnn2Cc2ccc(Cl)cc2C(F)(F)F)c1. The van der Waals surface area contributed by atoms with Gasteiger partial charge < -0.3 is 10.2 Å². The Morgan fingerprint density at radius 1 is 1.16 bits per heavy atom. The van der Waals surface area contributed by atoms with E-state index in [0.29, 0.717) is 27.5 Å². The highest BCUT2D eigenvalue weighted by atomic mass is 35.5. The molecule has 2 bridgehead atoms. The number of aromatic nitrogens is 2. The van der Waals surface area contributed by atoms with E-state index in [9.17, 15) is 18.0 Å². The average Bonchev–Trinajstić information content (AvgIpc) is 3.42. The number of amidine groups is 1. The molecule has 3 saturated heterocycles. The molecule has 3 aromatic rings. The lowest BCUT2D eigenvalue weighted by Crippen LogP contribution is -2.56. The molecule has 5 heterocycles. The Morgan fingerprint density at radius 2 is 1.97 bits per heavy atom. The fraction of sp³-hybridized carbons (Fsp3) is 0.346. The second-order valence-electron chi connectivity index (χ2n) is 9.64. The van der Waals surface area contributed by atoms with Crippen LogP contribution in [0.2, 0.25) is 5.02 Å². The van der Waals surface area contributed by atoms with Gasteiger partial charge in [-0.05, 0) is 85.1 Å². The molecular formula is C26H23ClF3N5OS. The molecule has 0 aliphatic carbocycles. The van der Waals surface area contributed by atoms with Gasteiger partial charge in [-0.3, -0.25) is 9.48 Å². The molecule has 2 aromatic carbocycles. The number of benzene rings is 2. The van der Waals surface area contributed by atoms with Crippen molar-refractivity contribution in [2.75, 3.05) is 19.6 Å². The maximum atomic E-state index is 13.5. The van der Waals surface area contributed by atoms with Gasteiger partial charge >= 0.3 is 6.18 Å². The van der Waals surface area contributed by atoms with Gasteiger partial charge in [0.05, 0.1) is 28.7 Å². The number of carbonyl (C=O) groups is 1. The minimum Gasteiger partial charge on any atom is -0.360 e. The maximum Gasteiger partial charge on any atom is 0.416 e. The molecule has 3 fully saturated rings. The molecule has 11 heteroatoms. The zero-order chi connectivity index (χ0) is 25.7. The molecule has 1 N–H and O–H groups in total. The van der Waals surface area contributed by atoms with Gasteiger partial charge in [-0.2, -0.15) is 23.3 Å². The number of piperidine rings is 3. The van der Waals surface area contributed by atoms with Crippen molar-refractivity contribution in [1.82, 2.24) is 20.0 Å². The van der Waals surface area contributed by atoms with Crippen LogP contribution in [0.4, 0.5) is 13.2 Å². The number of aliphatic imine (C=N–C) groups is 1. The molecule has 6 nitrogen and oxygen atoms in total. The number of hydrogen-bond donors (Lipinski definition) is 1. The lowest BCUT2D eigenvalue weighted by molar-refractivity contribution is -0.138. The third-order valence-corrected chi connectivity index (χ3v) is 8.40. The van der Waals surface area contributed by atoms with Gasteiger partial charge in [-0.25, -0.2) is 0 Å². The quantitative estimate of drug-likeness (QED) is 0.444. The summed E-state index contributed by atoms with van der Waals surface area (Å²) in [6.07, 6.45) is 1.24. The number of nitrogens with one attached hydrogen (secondary N) is 1. The molecule has 1 aromatic heterocycles. The van der Waals surface area contributed by atoms with E-state index < -0.39 is 11.7 Å². The Hall–Kier alpha value is -2.82. The van der Waals surface area contributed by atoms with Gasteiger partial charge in [0.2, 0.25) is 0 Å². The van der Waals surface area contributed by atoms with Crippen LogP contribution in [0.1, 0.15) is 29.5 Å². The maximum absolute atomic E-state index is 13.5. The van der Waals surface area contributed by atoms with Crippen molar-refractivity contribution in [3.63, 3.8) is 0 Å². The summed E-state index contributed by atoms with van der Waals surface area (Å²) in [6.45, 7) is 3.23. The topological polar surface area (TPSA) is 62.5 Å². The molecule has 1 amide bonds. The van der Waals surface area contributed by atoms with Gasteiger partial charge in [0, 0.05) is 23.0 Å². The van der Waals surface area contributed by atoms with E-state index in [4.69, 9.17) is 11.6 Å². The lowest BCUT2D eigenvalue weighted by atomic mass is 9.84. The number of fused-ring (bicyclic) bond motifs is 4. The van der Waals surface area contributed by atoms with Crippen LogP contribution in [-0.2, 0) is 17.5 Å². The molecule has 0 unspecified atom stereocenters. The molecule has 37 heavy (non-hydrogen) atoms. The van der Waals surface area contributed by atoms with Gasteiger partial charge in [0.25, 0.3) is 5.91 Å². The number of amides is 1. The first kappa shape index (κ1) is 24.5. The second kappa shape index (κ2) is 9.49. The van der Waals surface area contributed by atoms with Crippen LogP contribution in [0, 0.1) is 5.92 Å². The van der Waals surface area contributed by atoms with Crippen LogP contribution >= 0.6 is 23.4 Å². The largest absolute Gasteiger partial charge is 0.416 e. The molecule has 192 valence electrons. The summed E-state index contributed by atoms with van der Waals surface area (Å²) < 4.78 is 42.0. The van der Waals surface area contributed by atoms with Crippen LogP contribution < -0.4 is 5.32 Å². The Labute approximate surface area is 220 Å². The third kappa shape index (κ3) is 5.02. The van der Waals surface area contributed by atoms with E-state index in [0.717, 1.165) is 36.7 Å². The summed E-state index contributed by atoms with van der Waals surface area (Å²) in [4.78, 5) is 19.8. The molecule has 0 radical (unpaired) electrons. The fourth-order valence-corrected chi connectivity index (χ4v) is 6.39. The number of carbonyl (C=O) groups excluding carboxylic acids is 1. The van der Waals surface area contributed by atoms with Crippen molar-refractivity contribution >= 4 is 51.4 Å². The normalized spacial score (nSPS) is 24.8. The van der Waals surface area contributed by atoms with Crippen LogP contribution in [-0.4, -0.2) is 51.4 Å². The number of alkyl halides is 3. The standard InChI is InChI=1S/C26H23ClF3N5OS/c27-19-3-2-17(20(11-19)26(28,29)30)13-35-22-4-1-15(9-18(22)12-31-35)10-23-24(36)33-25(37-23)32-21-14-34-7-5-16(21)6-8-34/h1-4,9-12,16,21H,5-8,13-14H2,(H,32,33,36)/b23-10-/t21-/m1/s1. The van der Waals surface area contributed by atoms with Gasteiger partial charge in [0.15, 0.2) is 5.17 Å². The monoisotopic (exact) mass is 545 g/mol. The summed E-state index contributed by atoms with van der Waals surface area (Å²) >= 11 is 7.15. The van der Waals surface area contributed by atoms with Crippen LogP contribution in [0.3, 0.4) is 0 Å². The highest BCUT2D eigenvalue weighted by Crippen LogP contribution is 2.35. The molecule has 4 aliphatic heterocycles. The van der Waals surface area contributed by atoms with E-state index >= 15 is 0 Å². The zero-order valence-corrected chi connectivity index (χ0v) is 21.2. The predicted octanol–water partition coefficient (Wildman–Crippen LogP) is 5.41. The summed E-state index contributed by atoms with van der Waals surface area (Å²) in [5.41, 5.74) is 0.798. The number of rotatable bonds is 4. The Balaban J connectivity index is 1.18. The van der Waals surface area contributed by atoms with Crippen molar-refractivity contribution in [3.05, 3.63) is 69.2 Å². The molecule has 7 rings (SSSR count). The van der Waals surface area contributed by atoms with E-state index in [1.54, 1.807) is 18.3 Å². The highest BCUT2D eigenvalue weighted by Gasteiger charge is 2.36. The number of halogens is 4. The van der Waals surface area contributed by atoms with Gasteiger partial charge in [-0.15, -0.1) is 0 Å². The highest BCUT2D eigenvalue weighted by molar-refractivity contribution is 8.18. The molecule has 0 saturated carbocycles. The predicted molar refractivity (Wildman–Crippen MR) is 139 cm³/mol. The Bertz CT molecular complexity index is 1440. The van der Waals surface area contributed by atoms with Crippen molar-refractivity contribution in [2.24, 2.45) is 10.9 Å². The number of thioether (sulfide) groups is 1. The summed E-state index contributed by atoms with van der Waals surface area (Å²) in [5.74, 6) is 0.349. The molecule has 1 atom stereocenters. The van der Waals surface area contributed by atoms with E-state index in [1.807, 2.05) is 12.1 Å². The molecule has 4 aliphatic rings. The summed E-state index contributed by atoms with van der Waals surface area (Å²) in [6, 6.07) is 9.57. The van der Waals surface area contributed by atoms with Crippen LogP contribution in [0.25, 0.3) is 17.0 Å². The average molecular weight is 546 g/mol. The molecular weight excluding hydrogens is 523 g/mol. The van der Waals surface area contributed by atoms with Crippen molar-refractivity contribution in [1.29, 1.82) is 0 Å². The van der Waals surface area contributed by atoms with Crippen molar-refractivity contribution < 1.29 is 18.0 Å². The Kier molecular flexibility index (Phi) is 6.29. The van der Waals surface area contributed by atoms with E-state index in [1.165, 1.54) is 41.4 Å². The molecule has 0 spiro atoms. The van der Waals surface area contributed by atoms with E-state index in [-0.39, 0.29) is 23.0 Å². The smallest absolute Gasteiger partial charge is 0.360 e. The fourth-order valence-electron chi connectivity index (χ4n) is 5.34. The number of nitrogens with zero attached hydrogens (tertiary/aromatic N) is 4. The second-order valence-corrected chi connectivity index (χ2v) is 11.1. The third-order valence-electron chi connectivity index (χ3n) is 7.25. The van der Waals surface area contributed by atoms with Crippen LogP contribution in [0.15, 0.2) is 52.5 Å². The lowest BCUT2D eigenvalue weighted by Gasteiger charge is -2.45.